The number of ether oxygens (including phenoxy) is 2. The Balaban J connectivity index is 1.04. The van der Waals surface area contributed by atoms with Crippen LogP contribution >= 0.6 is 0 Å². The van der Waals surface area contributed by atoms with Crippen LogP contribution in [0.15, 0.2) is 24.5 Å². The van der Waals surface area contributed by atoms with Crippen molar-refractivity contribution in [2.75, 3.05) is 44.8 Å². The second kappa shape index (κ2) is 10.3. The van der Waals surface area contributed by atoms with Crippen molar-refractivity contribution in [3.05, 3.63) is 41.7 Å². The molecule has 2 aromatic rings. The number of nitrogens with zero attached hydrogens (tertiary/aromatic N) is 4. The molecule has 2 saturated heterocycles. The second-order valence-corrected chi connectivity index (χ2v) is 10.2. The number of methoxy groups -OCH3 is 1. The van der Waals surface area contributed by atoms with Crippen molar-refractivity contribution in [1.82, 2.24) is 14.9 Å². The second-order valence-electron chi connectivity index (χ2n) is 10.2. The summed E-state index contributed by atoms with van der Waals surface area (Å²) in [5.41, 5.74) is -0.429. The minimum atomic E-state index is -2.92. The van der Waals surface area contributed by atoms with Gasteiger partial charge in [-0.05, 0) is 43.4 Å². The molecule has 3 fully saturated rings. The number of anilines is 1. The Morgan fingerprint density at radius 3 is 2.32 bits per heavy atom. The van der Waals surface area contributed by atoms with Crippen molar-refractivity contribution in [1.29, 1.82) is 0 Å². The van der Waals surface area contributed by atoms with Crippen LogP contribution < -0.4 is 14.4 Å². The van der Waals surface area contributed by atoms with Gasteiger partial charge < -0.3 is 19.3 Å². The molecule has 1 saturated carbocycles. The minimum absolute atomic E-state index is 0.0617. The molecule has 0 bridgehead atoms. The molecule has 0 spiro atoms. The highest BCUT2D eigenvalue weighted by atomic mass is 19.3. The molecule has 1 aromatic carbocycles. The van der Waals surface area contributed by atoms with Gasteiger partial charge in [0.25, 0.3) is 5.92 Å². The van der Waals surface area contributed by atoms with E-state index in [1.165, 1.54) is 0 Å². The van der Waals surface area contributed by atoms with Gasteiger partial charge in [-0.15, -0.1) is 0 Å². The summed E-state index contributed by atoms with van der Waals surface area (Å²) in [6.45, 7) is 0.734. The van der Waals surface area contributed by atoms with Gasteiger partial charge in [0.15, 0.2) is 5.75 Å². The molecular formula is C26H30F4N4O3. The number of carbonyl (C=O) groups is 1. The van der Waals surface area contributed by atoms with E-state index in [0.717, 1.165) is 61.8 Å². The Morgan fingerprint density at radius 2 is 1.73 bits per heavy atom. The molecule has 7 nitrogen and oxygen atoms in total. The largest absolute Gasteiger partial charge is 0.494 e. The number of benzene rings is 1. The summed E-state index contributed by atoms with van der Waals surface area (Å²) in [6, 6.07) is 2.11. The highest BCUT2D eigenvalue weighted by Crippen LogP contribution is 2.50. The zero-order valence-electron chi connectivity index (χ0n) is 20.6. The summed E-state index contributed by atoms with van der Waals surface area (Å²) < 4.78 is 65.5. The van der Waals surface area contributed by atoms with Crippen molar-refractivity contribution in [2.45, 2.75) is 38.0 Å². The van der Waals surface area contributed by atoms with E-state index in [0.29, 0.717) is 30.1 Å². The lowest BCUT2D eigenvalue weighted by atomic mass is 9.90. The quantitative estimate of drug-likeness (QED) is 0.462. The summed E-state index contributed by atoms with van der Waals surface area (Å²) in [5.74, 6) is -2.24. The number of carbonyl (C=O) groups excluding carboxylic acids is 1. The van der Waals surface area contributed by atoms with E-state index in [1.54, 1.807) is 19.5 Å². The van der Waals surface area contributed by atoms with Gasteiger partial charge in [-0.2, -0.15) is 0 Å². The molecule has 2 aliphatic heterocycles. The van der Waals surface area contributed by atoms with Crippen LogP contribution in [0.5, 0.6) is 11.5 Å². The molecule has 5 rings (SSSR count). The predicted molar refractivity (Wildman–Crippen MR) is 127 cm³/mol. The third-order valence-corrected chi connectivity index (χ3v) is 7.65. The molecule has 0 N–H and O–H groups in total. The van der Waals surface area contributed by atoms with Gasteiger partial charge in [0.05, 0.1) is 45.6 Å². The smallest absolute Gasteiger partial charge is 0.282 e. The molecule has 3 heterocycles. The van der Waals surface area contributed by atoms with Gasteiger partial charge in [-0.3, -0.25) is 4.79 Å². The van der Waals surface area contributed by atoms with E-state index in [9.17, 15) is 22.4 Å². The Hall–Kier alpha value is -3.11. The fourth-order valence-electron chi connectivity index (χ4n) is 5.40. The molecule has 3 aliphatic rings. The summed E-state index contributed by atoms with van der Waals surface area (Å²) in [7, 11) is 1.59. The lowest BCUT2D eigenvalue weighted by molar-refractivity contribution is -0.165. The van der Waals surface area contributed by atoms with Crippen molar-refractivity contribution in [3.63, 3.8) is 0 Å². The molecule has 2 unspecified atom stereocenters. The summed E-state index contributed by atoms with van der Waals surface area (Å²) in [6.07, 6.45) is 6.83. The number of hydrogen-bond donors (Lipinski definition) is 0. The fraction of sp³-hybridized carbons (Fsp3) is 0.577. The Morgan fingerprint density at radius 1 is 1.08 bits per heavy atom. The van der Waals surface area contributed by atoms with Crippen LogP contribution in [0.1, 0.15) is 31.2 Å². The number of hydrogen-bond acceptors (Lipinski definition) is 6. The maximum absolute atomic E-state index is 14.4. The summed E-state index contributed by atoms with van der Waals surface area (Å²) >= 11 is 0. The number of piperidine rings is 1. The maximum Gasteiger partial charge on any atom is 0.282 e. The molecule has 11 heteroatoms. The van der Waals surface area contributed by atoms with Gasteiger partial charge in [0.1, 0.15) is 17.4 Å². The van der Waals surface area contributed by atoms with Crippen molar-refractivity contribution in [3.8, 4) is 11.5 Å². The first-order valence-electron chi connectivity index (χ1n) is 12.6. The molecule has 1 aliphatic carbocycles. The zero-order valence-corrected chi connectivity index (χ0v) is 20.6. The van der Waals surface area contributed by atoms with Gasteiger partial charge in [-0.25, -0.2) is 27.5 Å². The van der Waals surface area contributed by atoms with Crippen LogP contribution in [-0.2, 0) is 11.2 Å². The molecule has 200 valence electrons. The fourth-order valence-corrected chi connectivity index (χ4v) is 5.40. The summed E-state index contributed by atoms with van der Waals surface area (Å²) in [5, 5.41) is 0. The van der Waals surface area contributed by atoms with Crippen LogP contribution in [0, 0.1) is 29.4 Å². The molecule has 1 aromatic heterocycles. The van der Waals surface area contributed by atoms with Gasteiger partial charge >= 0.3 is 0 Å². The van der Waals surface area contributed by atoms with Gasteiger partial charge in [-0.1, -0.05) is 0 Å². The average Bonchev–Trinajstić information content (AvgIpc) is 3.64. The van der Waals surface area contributed by atoms with Crippen LogP contribution in [0.25, 0.3) is 0 Å². The van der Waals surface area contributed by atoms with E-state index >= 15 is 0 Å². The zero-order chi connectivity index (χ0) is 26.2. The first-order chi connectivity index (χ1) is 17.7. The van der Waals surface area contributed by atoms with Crippen LogP contribution in [0.2, 0.25) is 0 Å². The normalized spacial score (nSPS) is 22.9. The lowest BCUT2D eigenvalue weighted by Crippen LogP contribution is -2.58. The molecule has 0 radical (unpaired) electrons. The van der Waals surface area contributed by atoms with Crippen LogP contribution in [0.3, 0.4) is 0 Å². The van der Waals surface area contributed by atoms with Crippen molar-refractivity contribution >= 4 is 11.9 Å². The van der Waals surface area contributed by atoms with Crippen LogP contribution in [-0.4, -0.2) is 66.6 Å². The molecular weight excluding hydrogens is 492 g/mol. The van der Waals surface area contributed by atoms with Crippen molar-refractivity contribution in [2.24, 2.45) is 17.8 Å². The predicted octanol–water partition coefficient (Wildman–Crippen LogP) is 4.11. The number of likely N-dealkylation sites (tertiary alicyclic amines) is 1. The first-order valence-corrected chi connectivity index (χ1v) is 12.6. The average molecular weight is 523 g/mol. The number of amides is 1. The van der Waals surface area contributed by atoms with E-state index in [1.807, 2.05) is 0 Å². The monoisotopic (exact) mass is 522 g/mol. The Kier molecular flexibility index (Phi) is 7.13. The molecule has 1 amide bonds. The van der Waals surface area contributed by atoms with Gasteiger partial charge in [0, 0.05) is 30.8 Å². The van der Waals surface area contributed by atoms with Crippen LogP contribution in [0.4, 0.5) is 23.5 Å². The Bertz CT molecular complexity index is 1090. The number of alkyl halides is 2. The van der Waals surface area contributed by atoms with E-state index in [2.05, 4.69) is 14.9 Å². The summed E-state index contributed by atoms with van der Waals surface area (Å²) in [4.78, 5) is 23.8. The number of aromatic nitrogens is 2. The molecule has 37 heavy (non-hydrogen) atoms. The minimum Gasteiger partial charge on any atom is -0.494 e. The van der Waals surface area contributed by atoms with E-state index in [-0.39, 0.29) is 5.75 Å². The highest BCUT2D eigenvalue weighted by molar-refractivity contribution is 5.80. The van der Waals surface area contributed by atoms with Crippen molar-refractivity contribution < 1.29 is 31.8 Å². The number of halogens is 4. The highest BCUT2D eigenvalue weighted by Gasteiger charge is 2.46. The first kappa shape index (κ1) is 25.5. The molecule has 2 atom stereocenters. The number of rotatable bonds is 9. The standard InChI is InChI=1S/C26H30F4N4O3/c1-36-19-12-31-25(32-13-19)33-5-2-16(3-6-33)20-8-17(20)4-7-37-18-9-22(27)21(23(28)10-18)11-24(35)34-14-26(29,30)15-34/h9-10,12-13,16-17,20H,2-8,11,14-15H2,1H3. The third-order valence-electron chi connectivity index (χ3n) is 7.65. The topological polar surface area (TPSA) is 67.8 Å². The third kappa shape index (κ3) is 5.91. The van der Waals surface area contributed by atoms with Gasteiger partial charge in [0.2, 0.25) is 11.9 Å². The van der Waals surface area contributed by atoms with E-state index in [4.69, 9.17) is 9.47 Å². The SMILES string of the molecule is COc1cnc(N2CCC(C3CC3CCOc3cc(F)c(CC(=O)N4CC(F)(F)C4)c(F)c3)CC2)nc1. The Labute approximate surface area is 212 Å². The van der Waals surface area contributed by atoms with E-state index < -0.39 is 48.5 Å². The maximum atomic E-state index is 14.4. The lowest BCUT2D eigenvalue weighted by Gasteiger charge is -2.38.